The summed E-state index contributed by atoms with van der Waals surface area (Å²) in [4.78, 5) is 28.1. The first-order chi connectivity index (χ1) is 22.5. The largest absolute Gasteiger partial charge is 0.463 e. The number of ether oxygens (including phenoxy) is 2. The van der Waals surface area contributed by atoms with Gasteiger partial charge in [0.25, 0.3) is 0 Å². The molecule has 1 saturated heterocycles. The van der Waals surface area contributed by atoms with Gasteiger partial charge in [-0.25, -0.2) is 4.79 Å². The molecule has 0 aliphatic carbocycles. The third-order valence-corrected chi connectivity index (χ3v) is 13.3. The summed E-state index contributed by atoms with van der Waals surface area (Å²) in [7, 11) is -1.77. The number of nitrogens with two attached hydrogens (primary N) is 1. The van der Waals surface area contributed by atoms with Crippen LogP contribution in [0.5, 0.6) is 0 Å². The second-order valence-electron chi connectivity index (χ2n) is 11.9. The third kappa shape index (κ3) is 8.49. The second kappa shape index (κ2) is 16.6. The van der Waals surface area contributed by atoms with Gasteiger partial charge in [0.05, 0.1) is 12.3 Å². The summed E-state index contributed by atoms with van der Waals surface area (Å²) in [5, 5.41) is 14.7. The Morgan fingerprint density at radius 3 is 1.89 bits per heavy atom. The maximum Gasteiger partial charge on any atom is 0.351 e. The summed E-state index contributed by atoms with van der Waals surface area (Å²) >= 11 is 0. The number of unbranched alkanes of at least 4 members (excludes halogenated alkanes) is 6. The lowest BCUT2D eigenvalue weighted by Gasteiger charge is -2.27. The quantitative estimate of drug-likeness (QED) is 0.0989. The zero-order chi connectivity index (χ0) is 32.2. The summed E-state index contributed by atoms with van der Waals surface area (Å²) in [6.07, 6.45) is 8.47. The number of nitrogens with zero attached hydrogens (tertiary/aromatic N) is 2. The van der Waals surface area contributed by atoms with Crippen LogP contribution in [0.2, 0.25) is 0 Å². The van der Waals surface area contributed by atoms with Crippen molar-refractivity contribution in [2.75, 3.05) is 18.5 Å². The molecule has 0 bridgehead atoms. The van der Waals surface area contributed by atoms with Crippen molar-refractivity contribution in [3.63, 3.8) is 0 Å². The van der Waals surface area contributed by atoms with Crippen molar-refractivity contribution < 1.29 is 19.4 Å². The van der Waals surface area contributed by atoms with Gasteiger partial charge in [-0.05, 0) is 61.7 Å². The van der Waals surface area contributed by atoms with E-state index in [1.807, 2.05) is 0 Å². The Kier molecular flexibility index (Phi) is 12.1. The standard InChI is InChI=1S/C37H44N3O5P/c38-34-24-25-40(37(43)39-34)35-27-32(41)33(45-35)28-44-36(42)23-15-4-2-1-3-5-16-26-46(29-17-9-6-10-18-29,30-19-11-7-12-20-30)31-21-13-8-14-22-31/h6-14,17-22,24-25,32-33,35,41H,1-5,15-16,23,26-28H2,(H-,38,39,43)/p+1/t32-,33+,35+/m0/s1. The predicted octanol–water partition coefficient (Wildman–Crippen LogP) is 5.13. The van der Waals surface area contributed by atoms with Crippen LogP contribution < -0.4 is 27.3 Å². The molecule has 5 rings (SSSR count). The maximum absolute atomic E-state index is 12.3. The highest BCUT2D eigenvalue weighted by Crippen LogP contribution is 2.56. The average Bonchev–Trinajstić information content (AvgIpc) is 3.45. The molecule has 1 aromatic heterocycles. The smallest absolute Gasteiger partial charge is 0.351 e. The number of carbonyl (C=O) groups excluding carboxylic acids is 1. The lowest BCUT2D eigenvalue weighted by molar-refractivity contribution is -0.150. The zero-order valence-corrected chi connectivity index (χ0v) is 27.2. The minimum atomic E-state index is -1.77. The molecule has 46 heavy (non-hydrogen) atoms. The van der Waals surface area contributed by atoms with Crippen LogP contribution in [0.4, 0.5) is 5.82 Å². The first-order valence-corrected chi connectivity index (χ1v) is 18.3. The first-order valence-electron chi connectivity index (χ1n) is 16.4. The van der Waals surface area contributed by atoms with Gasteiger partial charge in [0.1, 0.15) is 47.9 Å². The molecule has 3 aromatic carbocycles. The van der Waals surface area contributed by atoms with Crippen LogP contribution in [0.25, 0.3) is 0 Å². The van der Waals surface area contributed by atoms with E-state index in [9.17, 15) is 14.7 Å². The summed E-state index contributed by atoms with van der Waals surface area (Å²) in [5.74, 6) is -0.173. The van der Waals surface area contributed by atoms with Crippen LogP contribution in [-0.4, -0.2) is 45.6 Å². The molecule has 1 aliphatic rings. The molecule has 2 heterocycles. The van der Waals surface area contributed by atoms with Crippen molar-refractivity contribution in [2.45, 2.75) is 76.2 Å². The van der Waals surface area contributed by atoms with Gasteiger partial charge in [-0.15, -0.1) is 0 Å². The number of benzene rings is 3. The topological polar surface area (TPSA) is 117 Å². The third-order valence-electron chi connectivity index (χ3n) is 8.74. The predicted molar refractivity (Wildman–Crippen MR) is 185 cm³/mol. The number of aromatic nitrogens is 2. The van der Waals surface area contributed by atoms with Gasteiger partial charge in [-0.3, -0.25) is 9.36 Å². The number of hydrogen-bond acceptors (Lipinski definition) is 7. The van der Waals surface area contributed by atoms with Crippen LogP contribution in [0.15, 0.2) is 108 Å². The number of rotatable bonds is 16. The van der Waals surface area contributed by atoms with Crippen LogP contribution in [0.3, 0.4) is 0 Å². The number of hydrogen-bond donors (Lipinski definition) is 2. The molecule has 0 radical (unpaired) electrons. The molecule has 1 aliphatic heterocycles. The van der Waals surface area contributed by atoms with Crippen molar-refractivity contribution in [1.82, 2.24) is 9.55 Å². The van der Waals surface area contributed by atoms with Gasteiger partial charge in [0.15, 0.2) is 0 Å². The maximum atomic E-state index is 12.3. The first kappa shape index (κ1) is 33.5. The Morgan fingerprint density at radius 2 is 1.35 bits per heavy atom. The van der Waals surface area contributed by atoms with E-state index in [4.69, 9.17) is 15.2 Å². The Morgan fingerprint density at radius 1 is 0.826 bits per heavy atom. The number of carbonyl (C=O) groups is 1. The molecule has 0 amide bonds. The normalized spacial score (nSPS) is 18.0. The molecule has 9 heteroatoms. The van der Waals surface area contributed by atoms with E-state index < -0.39 is 31.4 Å². The van der Waals surface area contributed by atoms with E-state index in [-0.39, 0.29) is 24.8 Å². The second-order valence-corrected chi connectivity index (χ2v) is 15.5. The lowest BCUT2D eigenvalue weighted by atomic mass is 10.1. The van der Waals surface area contributed by atoms with Gasteiger partial charge in [-0.2, -0.15) is 4.98 Å². The minimum Gasteiger partial charge on any atom is -0.463 e. The summed E-state index contributed by atoms with van der Waals surface area (Å²) < 4.78 is 12.4. The van der Waals surface area contributed by atoms with E-state index in [2.05, 4.69) is 96.0 Å². The Bertz CT molecular complexity index is 1470. The van der Waals surface area contributed by atoms with Crippen LogP contribution >= 0.6 is 7.26 Å². The highest BCUT2D eigenvalue weighted by atomic mass is 31.2. The average molecular weight is 643 g/mol. The fraction of sp³-hybridized carbons (Fsp3) is 0.378. The minimum absolute atomic E-state index is 0.0489. The van der Waals surface area contributed by atoms with E-state index >= 15 is 0 Å². The van der Waals surface area contributed by atoms with E-state index in [1.165, 1.54) is 45.6 Å². The van der Waals surface area contributed by atoms with Crippen molar-refractivity contribution in [3.8, 4) is 0 Å². The SMILES string of the molecule is Nc1ccn([C@H]2C[C@H](O)[C@@H](COC(=O)CCCCCCCCC[P+](c3ccccc3)(c3ccccc3)c3ccccc3)O2)c(=O)n1. The number of esters is 1. The number of aliphatic hydroxyl groups is 1. The monoisotopic (exact) mass is 642 g/mol. The van der Waals surface area contributed by atoms with Crippen molar-refractivity contribution in [1.29, 1.82) is 0 Å². The van der Waals surface area contributed by atoms with Crippen LogP contribution in [0.1, 0.15) is 64.0 Å². The molecule has 242 valence electrons. The van der Waals surface area contributed by atoms with Crippen molar-refractivity contribution in [3.05, 3.63) is 114 Å². The Hall–Kier alpha value is -3.84. The van der Waals surface area contributed by atoms with Gasteiger partial charge < -0.3 is 20.3 Å². The molecular formula is C37H45N3O5P+. The van der Waals surface area contributed by atoms with Gasteiger partial charge in [0, 0.05) is 19.0 Å². The highest BCUT2D eigenvalue weighted by molar-refractivity contribution is 7.95. The number of anilines is 1. The molecule has 0 unspecified atom stereocenters. The van der Waals surface area contributed by atoms with Crippen molar-refractivity contribution >= 4 is 35.0 Å². The Labute approximate surface area is 271 Å². The zero-order valence-electron chi connectivity index (χ0n) is 26.3. The molecule has 1 fully saturated rings. The molecule has 0 spiro atoms. The molecule has 3 atom stereocenters. The number of nitrogen functional groups attached to an aromatic ring is 1. The summed E-state index contributed by atoms with van der Waals surface area (Å²) in [6.45, 7) is -0.0489. The lowest BCUT2D eigenvalue weighted by Crippen LogP contribution is -2.33. The van der Waals surface area contributed by atoms with E-state index in [0.717, 1.165) is 38.3 Å². The van der Waals surface area contributed by atoms with E-state index in [1.54, 1.807) is 0 Å². The number of aliphatic hydroxyl groups excluding tert-OH is 1. The molecule has 0 saturated carbocycles. The molecular weight excluding hydrogens is 597 g/mol. The summed E-state index contributed by atoms with van der Waals surface area (Å²) in [6, 6.07) is 34.6. The summed E-state index contributed by atoms with van der Waals surface area (Å²) in [5.41, 5.74) is 5.00. The molecule has 8 nitrogen and oxygen atoms in total. The Balaban J connectivity index is 1.02. The van der Waals surface area contributed by atoms with E-state index in [0.29, 0.717) is 6.42 Å². The molecule has 4 aromatic rings. The fourth-order valence-corrected chi connectivity index (χ4v) is 10.7. The fourth-order valence-electron chi connectivity index (χ4n) is 6.31. The van der Waals surface area contributed by atoms with Gasteiger partial charge in [0.2, 0.25) is 0 Å². The van der Waals surface area contributed by atoms with Gasteiger partial charge in [-0.1, -0.05) is 80.3 Å². The van der Waals surface area contributed by atoms with Gasteiger partial charge >= 0.3 is 11.7 Å². The molecule has 3 N–H and O–H groups in total. The highest BCUT2D eigenvalue weighted by Gasteiger charge is 2.44. The van der Waals surface area contributed by atoms with Crippen LogP contribution in [0, 0.1) is 0 Å². The van der Waals surface area contributed by atoms with Crippen molar-refractivity contribution in [2.24, 2.45) is 0 Å². The van der Waals surface area contributed by atoms with Crippen LogP contribution in [-0.2, 0) is 14.3 Å².